The number of benzene rings is 2. The average Bonchev–Trinajstić information content (AvgIpc) is 3.05. The molecule has 0 aliphatic heterocycles. The van der Waals surface area contributed by atoms with Gasteiger partial charge >= 0.3 is 0 Å². The Bertz CT molecular complexity index is 972. The Morgan fingerprint density at radius 2 is 1.96 bits per heavy atom. The number of rotatable bonds is 7. The molecule has 0 spiro atoms. The summed E-state index contributed by atoms with van der Waals surface area (Å²) >= 11 is 6.94. The maximum absolute atomic E-state index is 12.8. The molecule has 5 nitrogen and oxygen atoms in total. The lowest BCUT2D eigenvalue weighted by Crippen LogP contribution is -2.26. The van der Waals surface area contributed by atoms with Crippen LogP contribution in [0.3, 0.4) is 0 Å². The zero-order chi connectivity index (χ0) is 20.1. The van der Waals surface area contributed by atoms with Crippen LogP contribution in [-0.2, 0) is 19.7 Å². The monoisotopic (exact) mass is 505 g/mol. The number of amides is 1. The highest BCUT2D eigenvalue weighted by atomic mass is 79.9. The molecule has 1 aromatic heterocycles. The number of carbonyl (C=O) groups is 1. The number of aryl methyl sites for hydroxylation is 1. The molecule has 28 heavy (non-hydrogen) atoms. The Kier molecular flexibility index (Phi) is 6.91. The number of nitrogens with zero attached hydrogens (tertiary/aromatic N) is 3. The summed E-state index contributed by atoms with van der Waals surface area (Å²) in [4.78, 5) is 14.5. The Balaban J connectivity index is 1.66. The van der Waals surface area contributed by atoms with Gasteiger partial charge in [-0.3, -0.25) is 9.48 Å². The molecule has 0 unspecified atom stereocenters. The van der Waals surface area contributed by atoms with E-state index in [1.165, 1.54) is 0 Å². The first-order chi connectivity index (χ1) is 13.5. The van der Waals surface area contributed by atoms with Gasteiger partial charge in [-0.25, -0.2) is 0 Å². The predicted octanol–water partition coefficient (Wildman–Crippen LogP) is 5.28. The number of carbonyl (C=O) groups excluding carboxylic acids is 1. The molecule has 0 fully saturated rings. The van der Waals surface area contributed by atoms with Gasteiger partial charge < -0.3 is 9.64 Å². The molecule has 0 aliphatic carbocycles. The van der Waals surface area contributed by atoms with Gasteiger partial charge in [-0.2, -0.15) is 5.10 Å². The molecule has 0 bridgehead atoms. The van der Waals surface area contributed by atoms with Crippen molar-refractivity contribution in [1.29, 1.82) is 0 Å². The van der Waals surface area contributed by atoms with Crippen LogP contribution in [0.1, 0.15) is 28.5 Å². The second-order valence-corrected chi connectivity index (χ2v) is 8.16. The Morgan fingerprint density at radius 3 is 2.68 bits per heavy atom. The normalized spacial score (nSPS) is 10.7. The molecule has 1 heterocycles. The van der Waals surface area contributed by atoms with E-state index in [2.05, 4.69) is 37.0 Å². The van der Waals surface area contributed by atoms with E-state index in [4.69, 9.17) is 4.74 Å². The maximum atomic E-state index is 12.8. The van der Waals surface area contributed by atoms with E-state index >= 15 is 0 Å². The van der Waals surface area contributed by atoms with Crippen LogP contribution in [0.5, 0.6) is 5.75 Å². The summed E-state index contributed by atoms with van der Waals surface area (Å²) in [7, 11) is 1.78. The third-order valence-electron chi connectivity index (χ3n) is 4.22. The first-order valence-corrected chi connectivity index (χ1v) is 10.5. The second-order valence-electron chi connectivity index (χ2n) is 6.39. The molecule has 3 rings (SSSR count). The Labute approximate surface area is 181 Å². The van der Waals surface area contributed by atoms with E-state index in [0.717, 1.165) is 32.5 Å². The van der Waals surface area contributed by atoms with Gasteiger partial charge in [0.1, 0.15) is 12.4 Å². The summed E-state index contributed by atoms with van der Waals surface area (Å²) in [6.07, 6.45) is 1.92. The smallest absolute Gasteiger partial charge is 0.253 e. The van der Waals surface area contributed by atoms with Crippen molar-refractivity contribution in [3.05, 3.63) is 80.5 Å². The van der Waals surface area contributed by atoms with Gasteiger partial charge in [-0.15, -0.1) is 0 Å². The van der Waals surface area contributed by atoms with Crippen molar-refractivity contribution in [3.63, 3.8) is 0 Å². The van der Waals surface area contributed by atoms with E-state index in [1.807, 2.05) is 66.3 Å². The highest BCUT2D eigenvalue weighted by Gasteiger charge is 2.16. The van der Waals surface area contributed by atoms with Gasteiger partial charge in [0.05, 0.1) is 16.7 Å². The maximum Gasteiger partial charge on any atom is 0.253 e. The highest BCUT2D eigenvalue weighted by molar-refractivity contribution is 9.10. The van der Waals surface area contributed by atoms with Crippen LogP contribution in [0.25, 0.3) is 0 Å². The number of ether oxygens (including phenoxy) is 1. The summed E-state index contributed by atoms with van der Waals surface area (Å²) in [5.41, 5.74) is 2.41. The van der Waals surface area contributed by atoms with E-state index in [0.29, 0.717) is 18.7 Å². The zero-order valence-corrected chi connectivity index (χ0v) is 18.9. The van der Waals surface area contributed by atoms with Crippen molar-refractivity contribution in [2.45, 2.75) is 26.6 Å². The molecular weight excluding hydrogens is 486 g/mol. The Morgan fingerprint density at radius 1 is 1.18 bits per heavy atom. The molecule has 0 radical (unpaired) electrons. The van der Waals surface area contributed by atoms with Gasteiger partial charge in [0.25, 0.3) is 5.91 Å². The minimum absolute atomic E-state index is 0.0535. The predicted molar refractivity (Wildman–Crippen MR) is 116 cm³/mol. The molecule has 0 saturated carbocycles. The van der Waals surface area contributed by atoms with Crippen LogP contribution in [-0.4, -0.2) is 27.6 Å². The van der Waals surface area contributed by atoms with Crippen molar-refractivity contribution < 1.29 is 9.53 Å². The Hall–Kier alpha value is -2.12. The molecule has 1 amide bonds. The van der Waals surface area contributed by atoms with Crippen molar-refractivity contribution in [3.8, 4) is 5.75 Å². The fourth-order valence-electron chi connectivity index (χ4n) is 2.74. The van der Waals surface area contributed by atoms with E-state index < -0.39 is 0 Å². The molecule has 146 valence electrons. The third-order valence-corrected chi connectivity index (χ3v) is 5.38. The molecule has 2 aromatic carbocycles. The lowest BCUT2D eigenvalue weighted by molar-refractivity contribution is 0.0782. The van der Waals surface area contributed by atoms with Crippen LogP contribution in [0.4, 0.5) is 0 Å². The SMILES string of the molecule is CCn1cc(Br)c(CN(C)C(=O)c2cccc(COc3cccc(Br)c3)c2)n1. The highest BCUT2D eigenvalue weighted by Crippen LogP contribution is 2.20. The zero-order valence-electron chi connectivity index (χ0n) is 15.7. The van der Waals surface area contributed by atoms with E-state index in [1.54, 1.807) is 11.9 Å². The minimum atomic E-state index is -0.0535. The summed E-state index contributed by atoms with van der Waals surface area (Å²) in [6.45, 7) is 3.65. The quantitative estimate of drug-likeness (QED) is 0.438. The topological polar surface area (TPSA) is 47.4 Å². The summed E-state index contributed by atoms with van der Waals surface area (Å²) in [5.74, 6) is 0.724. The second kappa shape index (κ2) is 9.39. The number of hydrogen-bond acceptors (Lipinski definition) is 3. The van der Waals surface area contributed by atoms with Crippen LogP contribution < -0.4 is 4.74 Å². The fraction of sp³-hybridized carbons (Fsp3) is 0.238. The van der Waals surface area contributed by atoms with E-state index in [-0.39, 0.29) is 5.91 Å². The molecule has 0 aliphatic rings. The molecule has 3 aromatic rings. The van der Waals surface area contributed by atoms with Crippen LogP contribution in [0.15, 0.2) is 63.7 Å². The standard InChI is InChI=1S/C21H21Br2N3O2/c1-3-26-12-19(23)20(24-26)13-25(2)21(27)16-7-4-6-15(10-16)14-28-18-9-5-8-17(22)11-18/h4-12H,3,13-14H2,1-2H3. The summed E-state index contributed by atoms with van der Waals surface area (Å²) in [6, 6.07) is 15.2. The first-order valence-electron chi connectivity index (χ1n) is 8.91. The third kappa shape index (κ3) is 5.23. The van der Waals surface area contributed by atoms with Crippen LogP contribution in [0.2, 0.25) is 0 Å². The van der Waals surface area contributed by atoms with Gasteiger partial charge in [0, 0.05) is 29.8 Å². The summed E-state index contributed by atoms with van der Waals surface area (Å²) < 4.78 is 9.54. The average molecular weight is 507 g/mol. The van der Waals surface area contributed by atoms with Crippen LogP contribution >= 0.6 is 31.9 Å². The first kappa shape index (κ1) is 20.6. The van der Waals surface area contributed by atoms with Crippen molar-refractivity contribution >= 4 is 37.8 Å². The van der Waals surface area contributed by atoms with Crippen LogP contribution in [0, 0.1) is 0 Å². The lowest BCUT2D eigenvalue weighted by Gasteiger charge is -2.17. The number of hydrogen-bond donors (Lipinski definition) is 0. The van der Waals surface area contributed by atoms with Gasteiger partial charge in [0.15, 0.2) is 0 Å². The van der Waals surface area contributed by atoms with Gasteiger partial charge in [-0.1, -0.05) is 34.1 Å². The molecule has 0 saturated heterocycles. The van der Waals surface area contributed by atoms with Crippen molar-refractivity contribution in [2.75, 3.05) is 7.05 Å². The molecule has 7 heteroatoms. The van der Waals surface area contributed by atoms with Crippen molar-refractivity contribution in [2.24, 2.45) is 0 Å². The number of aromatic nitrogens is 2. The lowest BCUT2D eigenvalue weighted by atomic mass is 10.1. The molecular formula is C21H21Br2N3O2. The molecule has 0 atom stereocenters. The minimum Gasteiger partial charge on any atom is -0.489 e. The summed E-state index contributed by atoms with van der Waals surface area (Å²) in [5, 5.41) is 4.48. The largest absolute Gasteiger partial charge is 0.489 e. The fourth-order valence-corrected chi connectivity index (χ4v) is 3.56. The van der Waals surface area contributed by atoms with E-state index in [9.17, 15) is 4.79 Å². The van der Waals surface area contributed by atoms with Gasteiger partial charge in [0.2, 0.25) is 0 Å². The molecule has 0 N–H and O–H groups in total. The van der Waals surface area contributed by atoms with Gasteiger partial charge in [-0.05, 0) is 58.7 Å². The number of halogens is 2. The van der Waals surface area contributed by atoms with Crippen molar-refractivity contribution in [1.82, 2.24) is 14.7 Å².